The van der Waals surface area contributed by atoms with Gasteiger partial charge in [-0.05, 0) is 13.3 Å². The van der Waals surface area contributed by atoms with Gasteiger partial charge in [0, 0.05) is 26.3 Å². The van der Waals surface area contributed by atoms with Crippen LogP contribution in [0.4, 0.5) is 5.95 Å². The Bertz CT molecular complexity index is 444. The Balaban J connectivity index is 2.05. The van der Waals surface area contributed by atoms with Crippen LogP contribution in [0.2, 0.25) is 0 Å². The van der Waals surface area contributed by atoms with Crippen LogP contribution in [0.3, 0.4) is 0 Å². The fourth-order valence-corrected chi connectivity index (χ4v) is 1.84. The van der Waals surface area contributed by atoms with Crippen LogP contribution in [0.25, 0.3) is 0 Å². The number of carbonyl (C=O) groups is 2. The summed E-state index contributed by atoms with van der Waals surface area (Å²) in [4.78, 5) is 27.4. The second-order valence-electron chi connectivity index (χ2n) is 4.23. The van der Waals surface area contributed by atoms with Gasteiger partial charge in [-0.15, -0.1) is 0 Å². The van der Waals surface area contributed by atoms with E-state index in [2.05, 4.69) is 20.9 Å². The number of aryl methyl sites for hydroxylation is 1. The summed E-state index contributed by atoms with van der Waals surface area (Å²) in [5.74, 6) is 0.138. The SMILES string of the molecule is CNC(=O)C(C)NC(=O)c1cn2c(n1)NCCC2. The Morgan fingerprint density at radius 1 is 1.56 bits per heavy atom. The molecule has 0 aromatic carbocycles. The van der Waals surface area contributed by atoms with Crippen molar-refractivity contribution in [2.75, 3.05) is 18.9 Å². The van der Waals surface area contributed by atoms with Crippen LogP contribution in [0.15, 0.2) is 6.20 Å². The smallest absolute Gasteiger partial charge is 0.272 e. The predicted molar refractivity (Wildman–Crippen MR) is 66.3 cm³/mol. The van der Waals surface area contributed by atoms with Crippen molar-refractivity contribution in [1.82, 2.24) is 20.2 Å². The summed E-state index contributed by atoms with van der Waals surface area (Å²) < 4.78 is 1.91. The van der Waals surface area contributed by atoms with Crippen molar-refractivity contribution in [1.29, 1.82) is 0 Å². The summed E-state index contributed by atoms with van der Waals surface area (Å²) in [6.07, 6.45) is 2.71. The molecule has 1 aliphatic heterocycles. The molecule has 0 spiro atoms. The third-order valence-electron chi connectivity index (χ3n) is 2.86. The highest BCUT2D eigenvalue weighted by Gasteiger charge is 2.19. The van der Waals surface area contributed by atoms with E-state index >= 15 is 0 Å². The van der Waals surface area contributed by atoms with E-state index in [1.165, 1.54) is 7.05 Å². The second kappa shape index (κ2) is 5.07. The molecule has 3 N–H and O–H groups in total. The molecule has 7 nitrogen and oxygen atoms in total. The lowest BCUT2D eigenvalue weighted by Gasteiger charge is -2.14. The Hall–Kier alpha value is -2.05. The minimum absolute atomic E-state index is 0.231. The topological polar surface area (TPSA) is 88.1 Å². The van der Waals surface area contributed by atoms with Crippen molar-refractivity contribution >= 4 is 17.8 Å². The summed E-state index contributed by atoms with van der Waals surface area (Å²) in [7, 11) is 1.53. The van der Waals surface area contributed by atoms with Crippen molar-refractivity contribution in [2.24, 2.45) is 0 Å². The quantitative estimate of drug-likeness (QED) is 0.680. The number of hydrogen-bond acceptors (Lipinski definition) is 4. The summed E-state index contributed by atoms with van der Waals surface area (Å²) in [6, 6.07) is -0.575. The summed E-state index contributed by atoms with van der Waals surface area (Å²) in [5.41, 5.74) is 0.329. The van der Waals surface area contributed by atoms with E-state index in [1.807, 2.05) is 4.57 Å². The molecule has 1 aromatic rings. The van der Waals surface area contributed by atoms with Crippen LogP contribution in [0, 0.1) is 0 Å². The van der Waals surface area contributed by atoms with Gasteiger partial charge in [0.1, 0.15) is 11.7 Å². The van der Waals surface area contributed by atoms with E-state index in [0.29, 0.717) is 11.6 Å². The zero-order valence-electron chi connectivity index (χ0n) is 10.5. The van der Waals surface area contributed by atoms with Gasteiger partial charge in [-0.2, -0.15) is 0 Å². The van der Waals surface area contributed by atoms with Crippen molar-refractivity contribution < 1.29 is 9.59 Å². The standard InChI is InChI=1S/C11H17N5O2/c1-7(9(17)12-2)14-10(18)8-6-16-5-3-4-13-11(16)15-8/h6-7H,3-5H2,1-2H3,(H,12,17)(H,13,15)(H,14,18). The molecule has 2 rings (SSSR count). The third kappa shape index (κ3) is 2.44. The minimum Gasteiger partial charge on any atom is -0.357 e. The summed E-state index contributed by atoms with van der Waals surface area (Å²) >= 11 is 0. The first-order chi connectivity index (χ1) is 8.61. The number of hydrogen-bond donors (Lipinski definition) is 3. The van der Waals surface area contributed by atoms with E-state index in [9.17, 15) is 9.59 Å². The van der Waals surface area contributed by atoms with Crippen molar-refractivity contribution in [2.45, 2.75) is 25.9 Å². The molecular weight excluding hydrogens is 234 g/mol. The largest absolute Gasteiger partial charge is 0.357 e. The van der Waals surface area contributed by atoms with Gasteiger partial charge in [0.15, 0.2) is 0 Å². The lowest BCUT2D eigenvalue weighted by molar-refractivity contribution is -0.122. The first-order valence-corrected chi connectivity index (χ1v) is 5.95. The minimum atomic E-state index is -0.575. The molecule has 1 unspecified atom stereocenters. The maximum absolute atomic E-state index is 11.9. The van der Waals surface area contributed by atoms with E-state index in [1.54, 1.807) is 13.1 Å². The predicted octanol–water partition coefficient (Wildman–Crippen LogP) is -0.437. The summed E-state index contributed by atoms with van der Waals surface area (Å²) in [5, 5.41) is 8.20. The van der Waals surface area contributed by atoms with E-state index in [0.717, 1.165) is 19.5 Å². The van der Waals surface area contributed by atoms with Crippen LogP contribution in [-0.2, 0) is 11.3 Å². The molecule has 0 fully saturated rings. The average molecular weight is 251 g/mol. The number of rotatable bonds is 3. The molecule has 1 aromatic heterocycles. The van der Waals surface area contributed by atoms with Gasteiger partial charge in [0.05, 0.1) is 0 Å². The van der Waals surface area contributed by atoms with Crippen LogP contribution < -0.4 is 16.0 Å². The highest BCUT2D eigenvalue weighted by Crippen LogP contribution is 2.13. The molecule has 7 heteroatoms. The van der Waals surface area contributed by atoms with E-state index in [4.69, 9.17) is 0 Å². The number of fused-ring (bicyclic) bond motifs is 1. The van der Waals surface area contributed by atoms with Crippen LogP contribution in [0.1, 0.15) is 23.8 Å². The lowest BCUT2D eigenvalue weighted by atomic mass is 10.3. The van der Waals surface area contributed by atoms with Crippen molar-refractivity contribution in [3.8, 4) is 0 Å². The molecule has 0 saturated heterocycles. The van der Waals surface area contributed by atoms with Crippen LogP contribution in [-0.4, -0.2) is 41.0 Å². The van der Waals surface area contributed by atoms with Gasteiger partial charge >= 0.3 is 0 Å². The van der Waals surface area contributed by atoms with Crippen molar-refractivity contribution in [3.63, 3.8) is 0 Å². The van der Waals surface area contributed by atoms with Gasteiger partial charge in [0.25, 0.3) is 5.91 Å². The molecule has 1 atom stereocenters. The van der Waals surface area contributed by atoms with Gasteiger partial charge in [-0.3, -0.25) is 9.59 Å². The zero-order valence-corrected chi connectivity index (χ0v) is 10.5. The Kier molecular flexibility index (Phi) is 3.50. The molecule has 0 aliphatic carbocycles. The number of carbonyl (C=O) groups excluding carboxylic acids is 2. The highest BCUT2D eigenvalue weighted by atomic mass is 16.2. The molecule has 1 aliphatic rings. The van der Waals surface area contributed by atoms with Gasteiger partial charge in [-0.25, -0.2) is 4.98 Å². The van der Waals surface area contributed by atoms with Gasteiger partial charge in [0.2, 0.25) is 11.9 Å². The van der Waals surface area contributed by atoms with Gasteiger partial charge < -0.3 is 20.5 Å². The number of nitrogens with zero attached hydrogens (tertiary/aromatic N) is 2. The number of likely N-dealkylation sites (N-methyl/N-ethyl adjacent to an activating group) is 1. The summed E-state index contributed by atoms with van der Waals surface area (Å²) in [6.45, 7) is 3.35. The third-order valence-corrected chi connectivity index (χ3v) is 2.86. The maximum atomic E-state index is 11.9. The van der Waals surface area contributed by atoms with Crippen LogP contribution in [0.5, 0.6) is 0 Å². The molecule has 0 saturated carbocycles. The number of imidazole rings is 1. The van der Waals surface area contributed by atoms with Crippen LogP contribution >= 0.6 is 0 Å². The maximum Gasteiger partial charge on any atom is 0.272 e. The molecule has 98 valence electrons. The fraction of sp³-hybridized carbons (Fsp3) is 0.545. The zero-order chi connectivity index (χ0) is 13.1. The lowest BCUT2D eigenvalue weighted by Crippen LogP contribution is -2.43. The number of amides is 2. The Morgan fingerprint density at radius 3 is 3.00 bits per heavy atom. The Morgan fingerprint density at radius 2 is 2.33 bits per heavy atom. The van der Waals surface area contributed by atoms with E-state index < -0.39 is 6.04 Å². The average Bonchev–Trinajstić information content (AvgIpc) is 2.81. The molecule has 0 radical (unpaired) electrons. The Labute approximate surface area is 105 Å². The monoisotopic (exact) mass is 251 g/mol. The molecule has 2 amide bonds. The number of nitrogens with one attached hydrogen (secondary N) is 3. The highest BCUT2D eigenvalue weighted by molar-refractivity contribution is 5.96. The van der Waals surface area contributed by atoms with Gasteiger partial charge in [-0.1, -0.05) is 0 Å². The number of aromatic nitrogens is 2. The normalized spacial score (nSPS) is 15.2. The molecule has 0 bridgehead atoms. The first-order valence-electron chi connectivity index (χ1n) is 5.95. The molecule has 18 heavy (non-hydrogen) atoms. The number of anilines is 1. The first kappa shape index (κ1) is 12.4. The van der Waals surface area contributed by atoms with E-state index in [-0.39, 0.29) is 11.8 Å². The molecular formula is C11H17N5O2. The second-order valence-corrected chi connectivity index (χ2v) is 4.23. The fourth-order valence-electron chi connectivity index (χ4n) is 1.84. The molecule has 2 heterocycles. The van der Waals surface area contributed by atoms with Crippen molar-refractivity contribution in [3.05, 3.63) is 11.9 Å².